The Morgan fingerprint density at radius 3 is 2.43 bits per heavy atom. The Kier molecular flexibility index (Phi) is 9.67. The van der Waals surface area contributed by atoms with E-state index in [1.807, 2.05) is 19.3 Å². The van der Waals surface area contributed by atoms with Crippen molar-refractivity contribution in [1.82, 2.24) is 25.1 Å². The highest BCUT2D eigenvalue weighted by molar-refractivity contribution is 6.33. The van der Waals surface area contributed by atoms with E-state index >= 15 is 0 Å². The topological polar surface area (TPSA) is 133 Å². The van der Waals surface area contributed by atoms with Gasteiger partial charge >= 0.3 is 0 Å². The molecule has 9 nitrogen and oxygen atoms in total. The third kappa shape index (κ3) is 7.32. The Morgan fingerprint density at radius 1 is 1.32 bits per heavy atom. The average Bonchev–Trinajstić information content (AvgIpc) is 3.21. The molecule has 156 valence electrons. The number of carboxylic acid groups (broad SMARTS) is 2. The number of piperidine rings is 1. The molecule has 3 rings (SSSR count). The fourth-order valence-corrected chi connectivity index (χ4v) is 3.07. The lowest BCUT2D eigenvalue weighted by Gasteiger charge is -2.31. The van der Waals surface area contributed by atoms with Gasteiger partial charge in [0.25, 0.3) is 11.9 Å². The molecule has 0 radical (unpaired) electrons. The van der Waals surface area contributed by atoms with Crippen molar-refractivity contribution in [3.8, 4) is 11.5 Å². The maximum atomic E-state index is 9.00. The highest BCUT2D eigenvalue weighted by Crippen LogP contribution is 2.31. The third-order valence-electron chi connectivity index (χ3n) is 4.11. The van der Waals surface area contributed by atoms with Crippen molar-refractivity contribution in [2.45, 2.75) is 59.0 Å². The van der Waals surface area contributed by atoms with E-state index in [0.29, 0.717) is 17.1 Å². The quantitative estimate of drug-likeness (QED) is 0.607. The zero-order valence-corrected chi connectivity index (χ0v) is 17.3. The molecule has 1 fully saturated rings. The zero-order valence-electron chi connectivity index (χ0n) is 16.6. The summed E-state index contributed by atoms with van der Waals surface area (Å²) in [6, 6.07) is 1.05. The number of aromatic nitrogens is 4. The first kappa shape index (κ1) is 23.6. The number of aromatic amines is 1. The van der Waals surface area contributed by atoms with Gasteiger partial charge in [0.15, 0.2) is 5.82 Å². The average molecular weight is 414 g/mol. The van der Waals surface area contributed by atoms with Crippen LogP contribution in [0.2, 0.25) is 5.02 Å². The van der Waals surface area contributed by atoms with Crippen LogP contribution in [0.3, 0.4) is 0 Å². The van der Waals surface area contributed by atoms with Crippen molar-refractivity contribution < 1.29 is 19.8 Å². The number of halogens is 1. The number of aryl methyl sites for hydroxylation is 1. The van der Waals surface area contributed by atoms with Crippen molar-refractivity contribution in [2.24, 2.45) is 0 Å². The van der Waals surface area contributed by atoms with E-state index in [0.717, 1.165) is 56.9 Å². The maximum Gasteiger partial charge on any atom is 0.300 e. The van der Waals surface area contributed by atoms with E-state index in [-0.39, 0.29) is 0 Å². The number of nitrogens with one attached hydrogen (secondary N) is 2. The Labute approximate surface area is 169 Å². The molecule has 2 atom stereocenters. The monoisotopic (exact) mass is 413 g/mol. The molecule has 2 aromatic heterocycles. The molecule has 1 saturated heterocycles. The van der Waals surface area contributed by atoms with Gasteiger partial charge in [0.2, 0.25) is 0 Å². The van der Waals surface area contributed by atoms with Gasteiger partial charge in [-0.05, 0) is 32.7 Å². The summed E-state index contributed by atoms with van der Waals surface area (Å²) < 4.78 is 2.23. The zero-order chi connectivity index (χ0) is 21.3. The van der Waals surface area contributed by atoms with Crippen LogP contribution in [0.4, 0.5) is 0 Å². The minimum absolute atomic E-state index is 0.465. The minimum Gasteiger partial charge on any atom is -0.481 e. The van der Waals surface area contributed by atoms with Gasteiger partial charge in [0.05, 0.1) is 10.7 Å². The fourth-order valence-electron chi connectivity index (χ4n) is 2.90. The Bertz CT molecular complexity index is 754. The minimum atomic E-state index is -0.833. The molecule has 0 aliphatic carbocycles. The number of H-pyrrole nitrogens is 1. The van der Waals surface area contributed by atoms with Crippen LogP contribution in [0.15, 0.2) is 12.4 Å². The molecule has 0 saturated carbocycles. The van der Waals surface area contributed by atoms with Gasteiger partial charge in [-0.2, -0.15) is 5.10 Å². The van der Waals surface area contributed by atoms with E-state index in [9.17, 15) is 0 Å². The molecule has 0 aromatic carbocycles. The number of carbonyl (C=O) groups is 2. The predicted octanol–water partition coefficient (Wildman–Crippen LogP) is 3.12. The van der Waals surface area contributed by atoms with Crippen LogP contribution in [-0.4, -0.2) is 54.5 Å². The number of imidazole rings is 1. The fraction of sp³-hybridized carbons (Fsp3) is 0.556. The summed E-state index contributed by atoms with van der Waals surface area (Å²) in [5.74, 6) is -0.805. The molecular weight excluding hydrogens is 386 g/mol. The van der Waals surface area contributed by atoms with E-state index in [1.165, 1.54) is 0 Å². The molecule has 2 aromatic rings. The van der Waals surface area contributed by atoms with Gasteiger partial charge in [-0.1, -0.05) is 18.5 Å². The van der Waals surface area contributed by atoms with E-state index in [2.05, 4.69) is 32.0 Å². The molecule has 0 amide bonds. The molecule has 10 heteroatoms. The van der Waals surface area contributed by atoms with E-state index < -0.39 is 11.9 Å². The van der Waals surface area contributed by atoms with Gasteiger partial charge in [-0.15, -0.1) is 0 Å². The summed E-state index contributed by atoms with van der Waals surface area (Å²) in [6.07, 6.45) is 7.27. The predicted molar refractivity (Wildman–Crippen MR) is 107 cm³/mol. The van der Waals surface area contributed by atoms with Crippen LogP contribution < -0.4 is 5.32 Å². The second kappa shape index (κ2) is 11.5. The summed E-state index contributed by atoms with van der Waals surface area (Å²) >= 11 is 6.31. The van der Waals surface area contributed by atoms with Crippen molar-refractivity contribution >= 4 is 23.5 Å². The molecule has 3 heterocycles. The van der Waals surface area contributed by atoms with Crippen molar-refractivity contribution in [1.29, 1.82) is 0 Å². The summed E-state index contributed by atoms with van der Waals surface area (Å²) in [4.78, 5) is 22.5. The highest BCUT2D eigenvalue weighted by Gasteiger charge is 2.25. The number of hydrogen-bond donors (Lipinski definition) is 4. The molecule has 4 N–H and O–H groups in total. The Hall–Kier alpha value is -2.39. The summed E-state index contributed by atoms with van der Waals surface area (Å²) in [5, 5.41) is 26.3. The van der Waals surface area contributed by atoms with Crippen LogP contribution >= 0.6 is 11.6 Å². The molecule has 0 bridgehead atoms. The first-order chi connectivity index (χ1) is 13.2. The number of rotatable bonds is 3. The largest absolute Gasteiger partial charge is 0.481 e. The van der Waals surface area contributed by atoms with Crippen LogP contribution in [0, 0.1) is 6.92 Å². The van der Waals surface area contributed by atoms with E-state index in [4.69, 9.17) is 31.4 Å². The number of hydrogen-bond acceptors (Lipinski definition) is 5. The van der Waals surface area contributed by atoms with Gasteiger partial charge in [-0.3, -0.25) is 14.7 Å². The van der Waals surface area contributed by atoms with Gasteiger partial charge < -0.3 is 20.1 Å². The highest BCUT2D eigenvalue weighted by atomic mass is 35.5. The molecule has 1 aliphatic heterocycles. The smallest absolute Gasteiger partial charge is 0.300 e. The van der Waals surface area contributed by atoms with Gasteiger partial charge in [-0.25, -0.2) is 4.98 Å². The van der Waals surface area contributed by atoms with Crippen LogP contribution in [0.5, 0.6) is 0 Å². The summed E-state index contributed by atoms with van der Waals surface area (Å²) in [6.45, 7) is 7.36. The maximum absolute atomic E-state index is 9.00. The second-order valence-electron chi connectivity index (χ2n) is 6.44. The second-order valence-corrected chi connectivity index (χ2v) is 6.82. The van der Waals surface area contributed by atoms with Crippen molar-refractivity contribution in [3.05, 3.63) is 23.1 Å². The summed E-state index contributed by atoms with van der Waals surface area (Å²) in [7, 11) is 0. The number of carboxylic acids is 2. The number of nitrogens with zero attached hydrogens (tertiary/aromatic N) is 3. The first-order valence-corrected chi connectivity index (χ1v) is 9.41. The lowest BCUT2D eigenvalue weighted by molar-refractivity contribution is -0.135. The molecular formula is C18H28ClN5O4. The molecule has 28 heavy (non-hydrogen) atoms. The first-order valence-electron chi connectivity index (χ1n) is 9.03. The van der Waals surface area contributed by atoms with Crippen LogP contribution in [-0.2, 0) is 9.59 Å². The van der Waals surface area contributed by atoms with Crippen LogP contribution in [0.1, 0.15) is 51.8 Å². The summed E-state index contributed by atoms with van der Waals surface area (Å²) in [5.41, 5.74) is 1.63. The Balaban J connectivity index is 0.000000420. The number of aliphatic carboxylic acids is 2. The molecule has 1 aliphatic rings. The van der Waals surface area contributed by atoms with Gasteiger partial charge in [0.1, 0.15) is 5.69 Å². The van der Waals surface area contributed by atoms with E-state index in [1.54, 1.807) is 0 Å². The SMILES string of the molecule is CC(=O)O.CC(=O)O.CC[C@@H]1C[C@H](n2ccnc2-c2n[nH]c(C)c2Cl)CCN1. The lowest BCUT2D eigenvalue weighted by atomic mass is 9.97. The molecule has 0 spiro atoms. The third-order valence-corrected chi connectivity index (χ3v) is 4.57. The molecule has 0 unspecified atom stereocenters. The normalized spacial score (nSPS) is 18.3. The standard InChI is InChI=1S/C14H20ClN5.2C2H4O2/c1-3-10-8-11(4-5-16-10)20-7-6-17-14(20)13-12(15)9(2)18-19-13;2*1-2(3)4/h6-7,10-11,16H,3-5,8H2,1-2H3,(H,18,19);2*1H3,(H,3,4)/t10-,11-;;/m1../s1. The van der Waals surface area contributed by atoms with Crippen molar-refractivity contribution in [2.75, 3.05) is 6.54 Å². The van der Waals surface area contributed by atoms with Crippen molar-refractivity contribution in [3.63, 3.8) is 0 Å². The van der Waals surface area contributed by atoms with Crippen LogP contribution in [0.25, 0.3) is 11.5 Å². The lowest BCUT2D eigenvalue weighted by Crippen LogP contribution is -2.38. The Morgan fingerprint density at radius 2 is 1.93 bits per heavy atom. The van der Waals surface area contributed by atoms with Gasteiger partial charge in [0, 0.05) is 38.3 Å².